The minimum absolute atomic E-state index is 0.697. The molecule has 3 heteroatoms. The average molecular weight is 225 g/mol. The maximum absolute atomic E-state index is 5.73. The van der Waals surface area contributed by atoms with Crippen LogP contribution in [0.2, 0.25) is 0 Å². The van der Waals surface area contributed by atoms with E-state index in [-0.39, 0.29) is 0 Å². The van der Waals surface area contributed by atoms with Crippen LogP contribution in [0.25, 0.3) is 21.9 Å². The average Bonchev–Trinajstić information content (AvgIpc) is 2.70. The highest BCUT2D eigenvalue weighted by molar-refractivity contribution is 6.07. The minimum Gasteiger partial charge on any atom is -0.493 e. The van der Waals surface area contributed by atoms with Crippen molar-refractivity contribution in [2.45, 2.75) is 13.3 Å². The molecule has 0 fully saturated rings. The summed E-state index contributed by atoms with van der Waals surface area (Å²) in [5, 5.41) is 2.29. The Kier molecular flexibility index (Phi) is 1.60. The number of ether oxygens (including phenoxy) is 1. The number of fused-ring (bicyclic) bond motifs is 2. The number of aromatic nitrogens is 1. The first-order chi connectivity index (χ1) is 8.33. The quantitative estimate of drug-likeness (QED) is 0.589. The third-order valence-corrected chi connectivity index (χ3v) is 3.30. The summed E-state index contributed by atoms with van der Waals surface area (Å²) in [5.41, 5.74) is 3.08. The van der Waals surface area contributed by atoms with Gasteiger partial charge in [-0.15, -0.1) is 0 Å². The van der Waals surface area contributed by atoms with Gasteiger partial charge in [-0.05, 0) is 5.56 Å². The van der Waals surface area contributed by atoms with Crippen molar-refractivity contribution in [1.29, 1.82) is 0 Å². The zero-order chi connectivity index (χ0) is 11.4. The van der Waals surface area contributed by atoms with Gasteiger partial charge in [0.05, 0.1) is 6.61 Å². The van der Waals surface area contributed by atoms with Gasteiger partial charge in [0.1, 0.15) is 11.3 Å². The predicted octanol–water partition coefficient (Wildman–Crippen LogP) is 3.22. The van der Waals surface area contributed by atoms with E-state index in [0.717, 1.165) is 35.3 Å². The third-order valence-electron chi connectivity index (χ3n) is 3.30. The summed E-state index contributed by atoms with van der Waals surface area (Å²) in [7, 11) is 0. The summed E-state index contributed by atoms with van der Waals surface area (Å²) in [4.78, 5) is 4.38. The molecule has 1 aromatic heterocycles. The molecule has 4 rings (SSSR count). The number of hydrogen-bond donors (Lipinski definition) is 0. The fourth-order valence-corrected chi connectivity index (χ4v) is 2.60. The van der Waals surface area contributed by atoms with Crippen molar-refractivity contribution < 1.29 is 9.15 Å². The Morgan fingerprint density at radius 2 is 2.24 bits per heavy atom. The molecule has 0 amide bonds. The summed E-state index contributed by atoms with van der Waals surface area (Å²) in [5.74, 6) is 1.63. The lowest BCUT2D eigenvalue weighted by molar-refractivity contribution is 0.318. The molecule has 1 aliphatic heterocycles. The van der Waals surface area contributed by atoms with Crippen LogP contribution in [-0.2, 0) is 6.42 Å². The molecule has 0 unspecified atom stereocenters. The minimum atomic E-state index is 0.697. The van der Waals surface area contributed by atoms with E-state index < -0.39 is 0 Å². The third kappa shape index (κ3) is 1.14. The molecule has 3 nitrogen and oxygen atoms in total. The van der Waals surface area contributed by atoms with Crippen LogP contribution in [-0.4, -0.2) is 11.6 Å². The van der Waals surface area contributed by atoms with E-state index in [0.29, 0.717) is 5.89 Å². The van der Waals surface area contributed by atoms with Gasteiger partial charge in [-0.3, -0.25) is 0 Å². The van der Waals surface area contributed by atoms with Crippen molar-refractivity contribution in [3.05, 3.63) is 35.7 Å². The van der Waals surface area contributed by atoms with Crippen LogP contribution >= 0.6 is 0 Å². The topological polar surface area (TPSA) is 35.3 Å². The Balaban J connectivity index is 2.29. The standard InChI is InChI=1S/C14H11NO2/c1-8-15-11-7-12-13-9(5-6-16-12)3-2-4-10(13)14(11)17-8/h2-4,7H,5-6H2,1H3. The summed E-state index contributed by atoms with van der Waals surface area (Å²) >= 11 is 0. The second-order valence-electron chi connectivity index (χ2n) is 4.39. The molecule has 0 atom stereocenters. The van der Waals surface area contributed by atoms with Crippen molar-refractivity contribution in [3.8, 4) is 5.75 Å². The fraction of sp³-hybridized carbons (Fsp3) is 0.214. The molecule has 3 aromatic rings. The number of oxazole rings is 1. The highest BCUT2D eigenvalue weighted by Gasteiger charge is 2.18. The van der Waals surface area contributed by atoms with Gasteiger partial charge in [0.2, 0.25) is 0 Å². The van der Waals surface area contributed by atoms with Gasteiger partial charge in [0, 0.05) is 30.2 Å². The molecule has 0 bridgehead atoms. The van der Waals surface area contributed by atoms with E-state index >= 15 is 0 Å². The monoisotopic (exact) mass is 225 g/mol. The molecule has 17 heavy (non-hydrogen) atoms. The summed E-state index contributed by atoms with van der Waals surface area (Å²) in [6, 6.07) is 8.29. The Bertz CT molecular complexity index is 743. The molecule has 0 aliphatic carbocycles. The number of rotatable bonds is 0. The number of nitrogens with zero attached hydrogens (tertiary/aromatic N) is 1. The smallest absolute Gasteiger partial charge is 0.192 e. The van der Waals surface area contributed by atoms with E-state index in [4.69, 9.17) is 9.15 Å². The van der Waals surface area contributed by atoms with E-state index in [1.54, 1.807) is 0 Å². The Hall–Kier alpha value is -2.03. The molecule has 0 saturated heterocycles. The zero-order valence-electron chi connectivity index (χ0n) is 9.49. The van der Waals surface area contributed by atoms with Crippen LogP contribution in [0.3, 0.4) is 0 Å². The molecule has 84 valence electrons. The first-order valence-corrected chi connectivity index (χ1v) is 5.77. The Labute approximate surface area is 98.0 Å². The SMILES string of the molecule is Cc1nc2cc3c4c(cccc4c2o1)CCO3. The van der Waals surface area contributed by atoms with Gasteiger partial charge in [-0.2, -0.15) is 0 Å². The van der Waals surface area contributed by atoms with Crippen molar-refractivity contribution >= 4 is 21.9 Å². The number of benzene rings is 2. The van der Waals surface area contributed by atoms with Crippen molar-refractivity contribution in [1.82, 2.24) is 4.98 Å². The van der Waals surface area contributed by atoms with Crippen LogP contribution in [0.5, 0.6) is 5.75 Å². The molecular formula is C14H11NO2. The van der Waals surface area contributed by atoms with Crippen molar-refractivity contribution in [2.75, 3.05) is 6.61 Å². The maximum Gasteiger partial charge on any atom is 0.192 e. The normalized spacial score (nSPS) is 14.2. The Morgan fingerprint density at radius 1 is 1.29 bits per heavy atom. The van der Waals surface area contributed by atoms with Gasteiger partial charge < -0.3 is 9.15 Å². The van der Waals surface area contributed by atoms with Crippen molar-refractivity contribution in [3.63, 3.8) is 0 Å². The maximum atomic E-state index is 5.73. The first kappa shape index (κ1) is 9.05. The fourth-order valence-electron chi connectivity index (χ4n) is 2.60. The summed E-state index contributed by atoms with van der Waals surface area (Å²) < 4.78 is 11.4. The first-order valence-electron chi connectivity index (χ1n) is 5.77. The molecular weight excluding hydrogens is 214 g/mol. The summed E-state index contributed by atoms with van der Waals surface area (Å²) in [6.07, 6.45) is 0.961. The van der Waals surface area contributed by atoms with Gasteiger partial charge in [0.25, 0.3) is 0 Å². The van der Waals surface area contributed by atoms with E-state index in [1.165, 1.54) is 10.9 Å². The van der Waals surface area contributed by atoms with Crippen LogP contribution in [0, 0.1) is 6.92 Å². The zero-order valence-corrected chi connectivity index (χ0v) is 9.49. The summed E-state index contributed by atoms with van der Waals surface area (Å²) in [6.45, 7) is 2.62. The molecule has 0 spiro atoms. The number of aryl methyl sites for hydroxylation is 1. The highest BCUT2D eigenvalue weighted by atomic mass is 16.5. The lowest BCUT2D eigenvalue weighted by Gasteiger charge is -2.17. The van der Waals surface area contributed by atoms with Gasteiger partial charge in [-0.25, -0.2) is 4.98 Å². The van der Waals surface area contributed by atoms with Crippen LogP contribution in [0.4, 0.5) is 0 Å². The Morgan fingerprint density at radius 3 is 3.18 bits per heavy atom. The lowest BCUT2D eigenvalue weighted by Crippen LogP contribution is -2.08. The van der Waals surface area contributed by atoms with Gasteiger partial charge in [0.15, 0.2) is 11.5 Å². The van der Waals surface area contributed by atoms with Gasteiger partial charge in [-0.1, -0.05) is 18.2 Å². The predicted molar refractivity (Wildman–Crippen MR) is 65.5 cm³/mol. The van der Waals surface area contributed by atoms with E-state index in [2.05, 4.69) is 23.2 Å². The lowest BCUT2D eigenvalue weighted by atomic mass is 9.99. The molecule has 2 aromatic carbocycles. The van der Waals surface area contributed by atoms with E-state index in [9.17, 15) is 0 Å². The second kappa shape index (κ2) is 3.00. The molecule has 1 aliphatic rings. The molecule has 0 saturated carbocycles. The number of hydrogen-bond acceptors (Lipinski definition) is 3. The van der Waals surface area contributed by atoms with E-state index in [1.807, 2.05) is 13.0 Å². The van der Waals surface area contributed by atoms with Crippen LogP contribution < -0.4 is 4.74 Å². The van der Waals surface area contributed by atoms with Gasteiger partial charge >= 0.3 is 0 Å². The highest BCUT2D eigenvalue weighted by Crippen LogP contribution is 2.38. The van der Waals surface area contributed by atoms with Crippen LogP contribution in [0.1, 0.15) is 11.5 Å². The molecule has 2 heterocycles. The molecule has 0 radical (unpaired) electrons. The largest absolute Gasteiger partial charge is 0.493 e. The molecule has 0 N–H and O–H groups in total. The second-order valence-corrected chi connectivity index (χ2v) is 4.39. The van der Waals surface area contributed by atoms with Crippen LogP contribution in [0.15, 0.2) is 28.7 Å². The van der Waals surface area contributed by atoms with Crippen molar-refractivity contribution in [2.24, 2.45) is 0 Å².